The van der Waals surface area contributed by atoms with Crippen LogP contribution in [0.5, 0.6) is 5.75 Å². The predicted molar refractivity (Wildman–Crippen MR) is 138 cm³/mol. The van der Waals surface area contributed by atoms with E-state index in [-0.39, 0.29) is 0 Å². The molecule has 1 heteroatoms. The third kappa shape index (κ3) is 2.86. The Bertz CT molecular complexity index is 1560. The molecule has 1 nitrogen and oxygen atoms in total. The lowest BCUT2D eigenvalue weighted by Crippen LogP contribution is -2.04. The highest BCUT2D eigenvalue weighted by Gasteiger charge is 2.27. The lowest BCUT2D eigenvalue weighted by Gasteiger charge is -2.19. The Kier molecular flexibility index (Phi) is 4.04. The van der Waals surface area contributed by atoms with E-state index < -0.39 is 0 Å². The van der Waals surface area contributed by atoms with Crippen molar-refractivity contribution in [3.63, 3.8) is 0 Å². The van der Waals surface area contributed by atoms with E-state index in [4.69, 9.17) is 4.74 Å². The van der Waals surface area contributed by atoms with Crippen LogP contribution in [-0.4, -0.2) is 6.61 Å². The monoisotopic (exact) mass is 422 g/mol. The number of fused-ring (bicyclic) bond motifs is 8. The highest BCUT2D eigenvalue weighted by molar-refractivity contribution is 6.07. The average Bonchev–Trinajstić information content (AvgIpc) is 3.29. The minimum Gasteiger partial charge on any atom is -0.488 e. The first-order valence-electron chi connectivity index (χ1n) is 11.5. The maximum atomic E-state index is 6.11. The summed E-state index contributed by atoms with van der Waals surface area (Å²) in [6, 6.07) is 35.1. The molecule has 5 aromatic carbocycles. The molecule has 0 radical (unpaired) electrons. The number of rotatable bonds is 2. The summed E-state index contributed by atoms with van der Waals surface area (Å²) in [6.45, 7) is 0.645. The van der Waals surface area contributed by atoms with Crippen molar-refractivity contribution in [2.75, 3.05) is 6.61 Å². The molecule has 0 bridgehead atoms. The highest BCUT2D eigenvalue weighted by atomic mass is 16.5. The van der Waals surface area contributed by atoms with E-state index in [9.17, 15) is 0 Å². The van der Waals surface area contributed by atoms with E-state index in [1.165, 1.54) is 60.8 Å². The lowest BCUT2D eigenvalue weighted by atomic mass is 9.91. The molecule has 0 spiro atoms. The van der Waals surface area contributed by atoms with Crippen molar-refractivity contribution in [1.82, 2.24) is 0 Å². The fourth-order valence-corrected chi connectivity index (χ4v) is 5.44. The van der Waals surface area contributed by atoms with Gasteiger partial charge in [0.25, 0.3) is 0 Å². The van der Waals surface area contributed by atoms with Crippen molar-refractivity contribution in [1.29, 1.82) is 0 Å². The maximum absolute atomic E-state index is 6.11. The van der Waals surface area contributed by atoms with Gasteiger partial charge in [0.2, 0.25) is 0 Å². The van der Waals surface area contributed by atoms with Gasteiger partial charge in [0.15, 0.2) is 0 Å². The number of hydrogen-bond donors (Lipinski definition) is 0. The van der Waals surface area contributed by atoms with Crippen molar-refractivity contribution in [2.45, 2.75) is 6.42 Å². The van der Waals surface area contributed by atoms with E-state index >= 15 is 0 Å². The highest BCUT2D eigenvalue weighted by Crippen LogP contribution is 2.49. The summed E-state index contributed by atoms with van der Waals surface area (Å²) in [5, 5.41) is 2.50. The van der Waals surface area contributed by atoms with Gasteiger partial charge < -0.3 is 4.74 Å². The Morgan fingerprint density at radius 2 is 1.27 bits per heavy atom. The van der Waals surface area contributed by atoms with Gasteiger partial charge >= 0.3 is 0 Å². The molecule has 0 fully saturated rings. The summed E-state index contributed by atoms with van der Waals surface area (Å²) in [7, 11) is 0. The molecular formula is C32H22O. The molecule has 0 saturated heterocycles. The Balaban J connectivity index is 1.33. The standard InChI is InChI=1S/C32H22O/c1-2-7-21(8-3-1)22-12-14-23(15-13-22)24-16-17-26-25(19-24)20-30-29-11-6-18-33-32(29)28-10-5-4-9-27(28)31(26)30/h1-17,19H,18,20H2. The van der Waals surface area contributed by atoms with Gasteiger partial charge in [0, 0.05) is 10.9 Å². The fourth-order valence-electron chi connectivity index (χ4n) is 5.44. The molecule has 1 aliphatic carbocycles. The molecule has 5 aromatic rings. The summed E-state index contributed by atoms with van der Waals surface area (Å²) >= 11 is 0. The topological polar surface area (TPSA) is 9.23 Å². The average molecular weight is 423 g/mol. The molecule has 0 atom stereocenters. The summed E-state index contributed by atoms with van der Waals surface area (Å²) in [5.41, 5.74) is 11.8. The van der Waals surface area contributed by atoms with Crippen molar-refractivity contribution in [3.8, 4) is 39.1 Å². The van der Waals surface area contributed by atoms with E-state index in [2.05, 4.69) is 109 Å². The van der Waals surface area contributed by atoms with Gasteiger partial charge in [-0.2, -0.15) is 0 Å². The zero-order chi connectivity index (χ0) is 21.8. The summed E-state index contributed by atoms with van der Waals surface area (Å²) in [5.74, 6) is 1.04. The molecule has 0 aromatic heterocycles. The first-order chi connectivity index (χ1) is 16.4. The summed E-state index contributed by atoms with van der Waals surface area (Å²) in [6.07, 6.45) is 5.32. The number of ether oxygens (including phenoxy) is 1. The van der Waals surface area contributed by atoms with Crippen LogP contribution in [0.4, 0.5) is 0 Å². The third-order valence-corrected chi connectivity index (χ3v) is 6.99. The minimum absolute atomic E-state index is 0.645. The van der Waals surface area contributed by atoms with Gasteiger partial charge in [0.1, 0.15) is 12.4 Å². The first kappa shape index (κ1) is 18.5. The van der Waals surface area contributed by atoms with Gasteiger partial charge in [-0.25, -0.2) is 0 Å². The van der Waals surface area contributed by atoms with Crippen molar-refractivity contribution in [3.05, 3.63) is 120 Å². The largest absolute Gasteiger partial charge is 0.488 e. The number of hydrogen-bond acceptors (Lipinski definition) is 1. The van der Waals surface area contributed by atoms with Crippen molar-refractivity contribution >= 4 is 16.8 Å². The zero-order valence-corrected chi connectivity index (χ0v) is 18.2. The molecule has 33 heavy (non-hydrogen) atoms. The molecule has 2 aliphatic rings. The molecule has 156 valence electrons. The van der Waals surface area contributed by atoms with Gasteiger partial charge in [-0.1, -0.05) is 103 Å². The molecule has 1 aliphatic heterocycles. The van der Waals surface area contributed by atoms with Crippen LogP contribution in [-0.2, 0) is 6.42 Å². The van der Waals surface area contributed by atoms with Gasteiger partial charge in [-0.3, -0.25) is 0 Å². The second-order valence-corrected chi connectivity index (χ2v) is 8.85. The molecule has 0 unspecified atom stereocenters. The SMILES string of the molecule is C1=Cc2c3c(c4ccccc4c2OC1)-c1ccc(-c2ccc(-c4ccccc4)cc2)cc1C3. The van der Waals surface area contributed by atoms with Crippen LogP contribution in [0.25, 0.3) is 50.2 Å². The maximum Gasteiger partial charge on any atom is 0.135 e. The molecule has 0 amide bonds. The zero-order valence-electron chi connectivity index (χ0n) is 18.2. The predicted octanol–water partition coefficient (Wildman–Crippen LogP) is 8.15. The Labute approximate surface area is 193 Å². The lowest BCUT2D eigenvalue weighted by molar-refractivity contribution is 0.362. The van der Waals surface area contributed by atoms with Gasteiger partial charge in [-0.15, -0.1) is 0 Å². The van der Waals surface area contributed by atoms with Crippen LogP contribution in [0, 0.1) is 0 Å². The third-order valence-electron chi connectivity index (χ3n) is 6.99. The van der Waals surface area contributed by atoms with Crippen molar-refractivity contribution < 1.29 is 4.74 Å². The molecule has 0 saturated carbocycles. The molecule has 1 heterocycles. The van der Waals surface area contributed by atoms with Crippen LogP contribution < -0.4 is 4.74 Å². The van der Waals surface area contributed by atoms with Crippen LogP contribution in [0.15, 0.2) is 103 Å². The summed E-state index contributed by atoms with van der Waals surface area (Å²) < 4.78 is 6.11. The van der Waals surface area contributed by atoms with Crippen LogP contribution in [0.2, 0.25) is 0 Å². The Morgan fingerprint density at radius 1 is 0.606 bits per heavy atom. The minimum atomic E-state index is 0.645. The van der Waals surface area contributed by atoms with Crippen LogP contribution in [0.1, 0.15) is 16.7 Å². The van der Waals surface area contributed by atoms with Gasteiger partial charge in [-0.05, 0) is 62.4 Å². The summed E-state index contributed by atoms with van der Waals surface area (Å²) in [4.78, 5) is 0. The smallest absolute Gasteiger partial charge is 0.135 e. The van der Waals surface area contributed by atoms with E-state index in [0.717, 1.165) is 12.2 Å². The van der Waals surface area contributed by atoms with E-state index in [1.807, 2.05) is 0 Å². The quantitative estimate of drug-likeness (QED) is 0.273. The Hall–Kier alpha value is -4.10. The normalized spacial score (nSPS) is 13.3. The van der Waals surface area contributed by atoms with Gasteiger partial charge in [0.05, 0.1) is 0 Å². The van der Waals surface area contributed by atoms with Crippen LogP contribution >= 0.6 is 0 Å². The number of benzene rings is 5. The van der Waals surface area contributed by atoms with E-state index in [0.29, 0.717) is 6.61 Å². The Morgan fingerprint density at radius 3 is 2.09 bits per heavy atom. The van der Waals surface area contributed by atoms with E-state index in [1.54, 1.807) is 0 Å². The molecule has 7 rings (SSSR count). The van der Waals surface area contributed by atoms with Crippen LogP contribution in [0.3, 0.4) is 0 Å². The second-order valence-electron chi connectivity index (χ2n) is 8.85. The molecular weight excluding hydrogens is 400 g/mol. The molecule has 0 N–H and O–H groups in total. The fraction of sp³-hybridized carbons (Fsp3) is 0.0625. The first-order valence-corrected chi connectivity index (χ1v) is 11.5. The second kappa shape index (κ2) is 7.21. The van der Waals surface area contributed by atoms with Crippen molar-refractivity contribution in [2.24, 2.45) is 0 Å².